The molecule has 3 rings (SSSR count). The Balaban J connectivity index is 1.92. The second-order valence-corrected chi connectivity index (χ2v) is 6.04. The standard InChI is InChI=1S/C15H13N5O3S/c1-8-11-14(24-12(8)13(16)22)18-7-20(15(11)23)6-10(21)19-9-4-2-3-5-17-9/h2-5,7H,6H2,1H3,(H2,16,22)(H,17,19,21). The molecule has 0 aromatic carbocycles. The number of aromatic nitrogens is 3. The van der Waals surface area contributed by atoms with Gasteiger partial charge in [-0.05, 0) is 24.6 Å². The van der Waals surface area contributed by atoms with E-state index in [-0.39, 0.29) is 6.54 Å². The van der Waals surface area contributed by atoms with Crippen LogP contribution in [0.5, 0.6) is 0 Å². The van der Waals surface area contributed by atoms with E-state index in [4.69, 9.17) is 5.73 Å². The summed E-state index contributed by atoms with van der Waals surface area (Å²) < 4.78 is 1.19. The molecule has 9 heteroatoms. The third-order valence-electron chi connectivity index (χ3n) is 3.39. The van der Waals surface area contributed by atoms with Crippen LogP contribution in [0.2, 0.25) is 0 Å². The lowest BCUT2D eigenvalue weighted by Gasteiger charge is -2.06. The van der Waals surface area contributed by atoms with E-state index >= 15 is 0 Å². The molecule has 0 spiro atoms. The highest BCUT2D eigenvalue weighted by molar-refractivity contribution is 7.20. The molecule has 0 bridgehead atoms. The van der Waals surface area contributed by atoms with Crippen molar-refractivity contribution < 1.29 is 9.59 Å². The molecule has 3 heterocycles. The summed E-state index contributed by atoms with van der Waals surface area (Å²) in [6.45, 7) is 1.43. The first-order chi connectivity index (χ1) is 11.5. The van der Waals surface area contributed by atoms with Crippen molar-refractivity contribution in [3.63, 3.8) is 0 Å². The van der Waals surface area contributed by atoms with Crippen LogP contribution in [0.1, 0.15) is 15.2 Å². The molecule has 0 fully saturated rings. The number of rotatable bonds is 4. The Bertz CT molecular complexity index is 994. The van der Waals surface area contributed by atoms with E-state index < -0.39 is 17.4 Å². The molecule has 0 atom stereocenters. The van der Waals surface area contributed by atoms with Crippen LogP contribution in [0, 0.1) is 6.92 Å². The Labute approximate surface area is 140 Å². The summed E-state index contributed by atoms with van der Waals surface area (Å²) in [6.07, 6.45) is 2.83. The van der Waals surface area contributed by atoms with Crippen molar-refractivity contribution in [1.82, 2.24) is 14.5 Å². The summed E-state index contributed by atoms with van der Waals surface area (Å²) in [5, 5.41) is 2.90. The molecule has 0 aliphatic heterocycles. The van der Waals surface area contributed by atoms with Crippen molar-refractivity contribution in [3.8, 4) is 0 Å². The van der Waals surface area contributed by atoms with Gasteiger partial charge in [-0.1, -0.05) is 6.07 Å². The Hall–Kier alpha value is -3.07. The molecule has 8 nitrogen and oxygen atoms in total. The van der Waals surface area contributed by atoms with E-state index in [2.05, 4.69) is 15.3 Å². The average Bonchev–Trinajstić information content (AvgIpc) is 2.89. The fraction of sp³-hybridized carbons (Fsp3) is 0.133. The summed E-state index contributed by atoms with van der Waals surface area (Å²) in [5.74, 6) is -0.610. The topological polar surface area (TPSA) is 120 Å². The number of carbonyl (C=O) groups excluding carboxylic acids is 2. The summed E-state index contributed by atoms with van der Waals surface area (Å²) in [6, 6.07) is 5.11. The number of fused-ring (bicyclic) bond motifs is 1. The molecule has 0 aliphatic rings. The highest BCUT2D eigenvalue weighted by Crippen LogP contribution is 2.26. The minimum Gasteiger partial charge on any atom is -0.365 e. The summed E-state index contributed by atoms with van der Waals surface area (Å²) in [7, 11) is 0. The Morgan fingerprint density at radius 3 is 2.79 bits per heavy atom. The monoisotopic (exact) mass is 343 g/mol. The van der Waals surface area contributed by atoms with Gasteiger partial charge in [-0.25, -0.2) is 9.97 Å². The van der Waals surface area contributed by atoms with Crippen LogP contribution < -0.4 is 16.6 Å². The maximum Gasteiger partial charge on any atom is 0.262 e. The molecule has 3 aromatic heterocycles. The molecule has 24 heavy (non-hydrogen) atoms. The largest absolute Gasteiger partial charge is 0.365 e. The zero-order valence-corrected chi connectivity index (χ0v) is 13.5. The SMILES string of the molecule is Cc1c(C(N)=O)sc2ncn(CC(=O)Nc3ccccn3)c(=O)c12. The summed E-state index contributed by atoms with van der Waals surface area (Å²) >= 11 is 1.07. The molecular formula is C15H13N5O3S. The number of hydrogen-bond donors (Lipinski definition) is 2. The predicted octanol–water partition coefficient (Wildman–Crippen LogP) is 0.899. The zero-order valence-electron chi connectivity index (χ0n) is 12.6. The van der Waals surface area contributed by atoms with Crippen molar-refractivity contribution in [2.45, 2.75) is 13.5 Å². The van der Waals surface area contributed by atoms with Gasteiger partial charge < -0.3 is 11.1 Å². The molecule has 0 unspecified atom stereocenters. The lowest BCUT2D eigenvalue weighted by molar-refractivity contribution is -0.116. The van der Waals surface area contributed by atoms with Gasteiger partial charge in [-0.2, -0.15) is 0 Å². The predicted molar refractivity (Wildman–Crippen MR) is 90.0 cm³/mol. The number of hydrogen-bond acceptors (Lipinski definition) is 6. The molecule has 3 N–H and O–H groups in total. The quantitative estimate of drug-likeness (QED) is 0.729. The van der Waals surface area contributed by atoms with E-state index in [0.717, 1.165) is 11.3 Å². The number of thiophene rings is 1. The van der Waals surface area contributed by atoms with Crippen LogP contribution in [0.25, 0.3) is 10.2 Å². The number of amides is 2. The average molecular weight is 343 g/mol. The van der Waals surface area contributed by atoms with Gasteiger partial charge in [0.15, 0.2) is 0 Å². The summed E-state index contributed by atoms with van der Waals surface area (Å²) in [4.78, 5) is 44.9. The minimum absolute atomic E-state index is 0.209. The molecular weight excluding hydrogens is 330 g/mol. The smallest absolute Gasteiger partial charge is 0.262 e. The third-order valence-corrected chi connectivity index (χ3v) is 4.60. The van der Waals surface area contributed by atoms with Gasteiger partial charge in [-0.15, -0.1) is 11.3 Å². The Morgan fingerprint density at radius 2 is 2.12 bits per heavy atom. The van der Waals surface area contributed by atoms with Crippen LogP contribution in [0.15, 0.2) is 35.5 Å². The van der Waals surface area contributed by atoms with E-state index in [1.165, 1.54) is 10.9 Å². The van der Waals surface area contributed by atoms with Crippen LogP contribution in [0.3, 0.4) is 0 Å². The molecule has 122 valence electrons. The number of pyridine rings is 1. The maximum absolute atomic E-state index is 12.6. The van der Waals surface area contributed by atoms with Gasteiger partial charge in [0.25, 0.3) is 11.5 Å². The Kier molecular flexibility index (Phi) is 4.09. The first-order valence-electron chi connectivity index (χ1n) is 6.96. The molecule has 0 saturated carbocycles. The van der Waals surface area contributed by atoms with E-state index in [1.807, 2.05) is 0 Å². The van der Waals surface area contributed by atoms with Crippen molar-refractivity contribution >= 4 is 39.2 Å². The lowest BCUT2D eigenvalue weighted by atomic mass is 10.2. The van der Waals surface area contributed by atoms with Crippen molar-refractivity contribution in [2.75, 3.05) is 5.32 Å². The van der Waals surface area contributed by atoms with Gasteiger partial charge in [0.1, 0.15) is 17.2 Å². The number of nitrogens with one attached hydrogen (secondary N) is 1. The van der Waals surface area contributed by atoms with Crippen LogP contribution in [0.4, 0.5) is 5.82 Å². The normalized spacial score (nSPS) is 10.7. The van der Waals surface area contributed by atoms with E-state index in [1.54, 1.807) is 31.3 Å². The first kappa shape index (κ1) is 15.8. The van der Waals surface area contributed by atoms with E-state index in [9.17, 15) is 14.4 Å². The summed E-state index contributed by atoms with van der Waals surface area (Å²) in [5.41, 5.74) is 5.39. The number of primary amides is 1. The third kappa shape index (κ3) is 2.88. The highest BCUT2D eigenvalue weighted by Gasteiger charge is 2.18. The van der Waals surface area contributed by atoms with Gasteiger partial charge in [-0.3, -0.25) is 19.0 Å². The van der Waals surface area contributed by atoms with Crippen molar-refractivity contribution in [3.05, 3.63) is 51.5 Å². The van der Waals surface area contributed by atoms with Crippen LogP contribution in [-0.4, -0.2) is 26.3 Å². The van der Waals surface area contributed by atoms with E-state index in [0.29, 0.717) is 26.5 Å². The maximum atomic E-state index is 12.6. The number of carbonyl (C=O) groups is 2. The van der Waals surface area contributed by atoms with Crippen molar-refractivity contribution in [2.24, 2.45) is 5.73 Å². The zero-order chi connectivity index (χ0) is 17.3. The van der Waals surface area contributed by atoms with Gasteiger partial charge in [0.05, 0.1) is 16.6 Å². The van der Waals surface area contributed by atoms with Gasteiger partial charge in [0, 0.05) is 6.20 Å². The van der Waals surface area contributed by atoms with Gasteiger partial charge in [0.2, 0.25) is 5.91 Å². The van der Waals surface area contributed by atoms with Crippen molar-refractivity contribution in [1.29, 1.82) is 0 Å². The van der Waals surface area contributed by atoms with Gasteiger partial charge >= 0.3 is 0 Å². The molecule has 0 radical (unpaired) electrons. The lowest BCUT2D eigenvalue weighted by Crippen LogP contribution is -2.28. The molecule has 3 aromatic rings. The Morgan fingerprint density at radius 1 is 1.33 bits per heavy atom. The fourth-order valence-electron chi connectivity index (χ4n) is 2.28. The second-order valence-electron chi connectivity index (χ2n) is 5.04. The highest BCUT2D eigenvalue weighted by atomic mass is 32.1. The number of aryl methyl sites for hydroxylation is 1. The fourth-order valence-corrected chi connectivity index (χ4v) is 3.27. The minimum atomic E-state index is -0.602. The first-order valence-corrected chi connectivity index (χ1v) is 7.78. The number of nitrogens with two attached hydrogens (primary N) is 1. The molecule has 2 amide bonds. The number of nitrogens with zero attached hydrogens (tertiary/aromatic N) is 3. The number of anilines is 1. The van der Waals surface area contributed by atoms with Crippen LogP contribution >= 0.6 is 11.3 Å². The van der Waals surface area contributed by atoms with Crippen LogP contribution in [-0.2, 0) is 11.3 Å². The second kappa shape index (κ2) is 6.20. The molecule has 0 aliphatic carbocycles. The molecule has 0 saturated heterocycles.